The molecule has 4 nitrogen and oxygen atoms in total. The number of hydrogen-bond acceptors (Lipinski definition) is 4. The van der Waals surface area contributed by atoms with Crippen molar-refractivity contribution in [2.75, 3.05) is 0 Å². The Labute approximate surface area is 158 Å². The lowest BCUT2D eigenvalue weighted by molar-refractivity contribution is -0.144. The second-order valence-electron chi connectivity index (χ2n) is 7.10. The zero-order valence-corrected chi connectivity index (χ0v) is 16.0. The van der Waals surface area contributed by atoms with Crippen molar-refractivity contribution in [3.05, 3.63) is 81.2 Å². The molecule has 4 heteroatoms. The Hall–Kier alpha value is -2.88. The van der Waals surface area contributed by atoms with Crippen LogP contribution in [0.5, 0.6) is 0 Å². The van der Waals surface area contributed by atoms with E-state index in [2.05, 4.69) is 13.8 Å². The molecule has 0 unspecified atom stereocenters. The van der Waals surface area contributed by atoms with Gasteiger partial charge < -0.3 is 9.15 Å². The molecule has 0 aliphatic rings. The van der Waals surface area contributed by atoms with E-state index in [0.29, 0.717) is 29.9 Å². The van der Waals surface area contributed by atoms with E-state index in [1.165, 1.54) is 11.6 Å². The highest BCUT2D eigenvalue weighted by atomic mass is 16.5. The van der Waals surface area contributed by atoms with E-state index in [-0.39, 0.29) is 12.6 Å². The van der Waals surface area contributed by atoms with Gasteiger partial charge in [0.05, 0.1) is 0 Å². The molecule has 140 valence electrons. The zero-order chi connectivity index (χ0) is 19.4. The van der Waals surface area contributed by atoms with Gasteiger partial charge >= 0.3 is 11.6 Å². The maximum atomic E-state index is 12.1. The van der Waals surface area contributed by atoms with Crippen molar-refractivity contribution < 1.29 is 13.9 Å². The summed E-state index contributed by atoms with van der Waals surface area (Å²) in [6.45, 7) is 6.31. The van der Waals surface area contributed by atoms with Crippen LogP contribution < -0.4 is 5.63 Å². The van der Waals surface area contributed by atoms with Crippen LogP contribution in [0, 0.1) is 6.92 Å². The zero-order valence-electron chi connectivity index (χ0n) is 16.0. The SMILES string of the molecule is Cc1cc2oc(=O)cc(COC(=O)CCc3ccccc3)c2cc1C(C)C. The highest BCUT2D eigenvalue weighted by Crippen LogP contribution is 2.27. The van der Waals surface area contributed by atoms with Gasteiger partial charge in [0.2, 0.25) is 0 Å². The van der Waals surface area contributed by atoms with E-state index in [1.54, 1.807) is 0 Å². The smallest absolute Gasteiger partial charge is 0.336 e. The summed E-state index contributed by atoms with van der Waals surface area (Å²) in [5.74, 6) is 0.0686. The topological polar surface area (TPSA) is 56.5 Å². The molecule has 1 heterocycles. The van der Waals surface area contributed by atoms with E-state index in [1.807, 2.05) is 49.4 Å². The van der Waals surface area contributed by atoms with Crippen LogP contribution in [0.15, 0.2) is 57.7 Å². The average Bonchev–Trinajstić information content (AvgIpc) is 2.64. The summed E-state index contributed by atoms with van der Waals surface area (Å²) in [5.41, 5.74) is 4.13. The lowest BCUT2D eigenvalue weighted by Gasteiger charge is -2.13. The summed E-state index contributed by atoms with van der Waals surface area (Å²) < 4.78 is 10.8. The first kappa shape index (κ1) is 18.9. The molecule has 2 aromatic carbocycles. The fraction of sp³-hybridized carbons (Fsp3) is 0.304. The Balaban J connectivity index is 1.76. The van der Waals surface area contributed by atoms with Crippen LogP contribution in [0.25, 0.3) is 11.0 Å². The normalized spacial score (nSPS) is 11.1. The largest absolute Gasteiger partial charge is 0.461 e. The van der Waals surface area contributed by atoms with E-state index < -0.39 is 5.63 Å². The van der Waals surface area contributed by atoms with Gasteiger partial charge in [-0.1, -0.05) is 44.2 Å². The quantitative estimate of drug-likeness (QED) is 0.461. The van der Waals surface area contributed by atoms with Crippen molar-refractivity contribution in [2.45, 2.75) is 46.1 Å². The Morgan fingerprint density at radius 1 is 1.11 bits per heavy atom. The van der Waals surface area contributed by atoms with Crippen molar-refractivity contribution >= 4 is 16.9 Å². The second kappa shape index (κ2) is 8.21. The molecule has 0 radical (unpaired) electrons. The van der Waals surface area contributed by atoms with E-state index >= 15 is 0 Å². The van der Waals surface area contributed by atoms with Crippen LogP contribution in [0.2, 0.25) is 0 Å². The van der Waals surface area contributed by atoms with Gasteiger partial charge in [0.1, 0.15) is 12.2 Å². The summed E-state index contributed by atoms with van der Waals surface area (Å²) in [4.78, 5) is 24.0. The number of carbonyl (C=O) groups is 1. The third-order valence-corrected chi connectivity index (χ3v) is 4.69. The average molecular weight is 364 g/mol. The number of benzene rings is 2. The van der Waals surface area contributed by atoms with Gasteiger partial charge in [0.15, 0.2) is 0 Å². The fourth-order valence-electron chi connectivity index (χ4n) is 3.25. The Morgan fingerprint density at radius 3 is 2.56 bits per heavy atom. The Kier molecular flexibility index (Phi) is 5.75. The van der Waals surface area contributed by atoms with Gasteiger partial charge in [-0.3, -0.25) is 4.79 Å². The Morgan fingerprint density at radius 2 is 1.85 bits per heavy atom. The van der Waals surface area contributed by atoms with Crippen LogP contribution >= 0.6 is 0 Å². The maximum absolute atomic E-state index is 12.1. The molecule has 0 saturated heterocycles. The van der Waals surface area contributed by atoms with Crippen molar-refractivity contribution in [1.29, 1.82) is 0 Å². The monoisotopic (exact) mass is 364 g/mol. The minimum Gasteiger partial charge on any atom is -0.461 e. The number of hydrogen-bond donors (Lipinski definition) is 0. The van der Waals surface area contributed by atoms with Crippen molar-refractivity contribution in [3.63, 3.8) is 0 Å². The molecule has 0 aliphatic carbocycles. The highest BCUT2D eigenvalue weighted by Gasteiger charge is 2.13. The molecule has 0 saturated carbocycles. The number of rotatable bonds is 6. The van der Waals surface area contributed by atoms with Gasteiger partial charge in [-0.15, -0.1) is 0 Å². The molecule has 0 fully saturated rings. The molecule has 0 N–H and O–H groups in total. The number of fused-ring (bicyclic) bond motifs is 1. The van der Waals surface area contributed by atoms with Crippen molar-refractivity contribution in [3.8, 4) is 0 Å². The molecule has 0 bridgehead atoms. The van der Waals surface area contributed by atoms with E-state index in [0.717, 1.165) is 16.5 Å². The minimum atomic E-state index is -0.436. The summed E-state index contributed by atoms with van der Waals surface area (Å²) in [5, 5.41) is 0.819. The maximum Gasteiger partial charge on any atom is 0.336 e. The molecule has 3 rings (SSSR count). The number of esters is 1. The second-order valence-corrected chi connectivity index (χ2v) is 7.10. The third kappa shape index (κ3) is 4.64. The van der Waals surface area contributed by atoms with Crippen LogP contribution in [0.1, 0.15) is 48.4 Å². The molecule has 27 heavy (non-hydrogen) atoms. The first-order chi connectivity index (χ1) is 12.9. The van der Waals surface area contributed by atoms with Crippen LogP contribution in [0.3, 0.4) is 0 Å². The summed E-state index contributed by atoms with van der Waals surface area (Å²) in [6.07, 6.45) is 0.938. The van der Waals surface area contributed by atoms with Crippen LogP contribution in [0.4, 0.5) is 0 Å². The Bertz CT molecular complexity index is 1000. The lowest BCUT2D eigenvalue weighted by atomic mass is 9.95. The lowest BCUT2D eigenvalue weighted by Crippen LogP contribution is -2.09. The van der Waals surface area contributed by atoms with E-state index in [4.69, 9.17) is 9.15 Å². The molecule has 0 spiro atoms. The fourth-order valence-corrected chi connectivity index (χ4v) is 3.25. The molecular formula is C23H24O4. The number of ether oxygens (including phenoxy) is 1. The summed E-state index contributed by atoms with van der Waals surface area (Å²) >= 11 is 0. The van der Waals surface area contributed by atoms with Gasteiger partial charge in [-0.2, -0.15) is 0 Å². The first-order valence-corrected chi connectivity index (χ1v) is 9.21. The number of carbonyl (C=O) groups excluding carboxylic acids is 1. The van der Waals surface area contributed by atoms with Gasteiger partial charge in [-0.25, -0.2) is 4.79 Å². The highest BCUT2D eigenvalue weighted by molar-refractivity contribution is 5.82. The molecule has 3 aromatic rings. The molecule has 1 aromatic heterocycles. The first-order valence-electron chi connectivity index (χ1n) is 9.21. The molecule has 0 aliphatic heterocycles. The number of aryl methyl sites for hydroxylation is 2. The van der Waals surface area contributed by atoms with Crippen molar-refractivity contribution in [2.24, 2.45) is 0 Å². The van der Waals surface area contributed by atoms with Gasteiger partial charge in [0.25, 0.3) is 0 Å². The van der Waals surface area contributed by atoms with Gasteiger partial charge in [-0.05, 0) is 48.1 Å². The van der Waals surface area contributed by atoms with Crippen LogP contribution in [-0.4, -0.2) is 5.97 Å². The van der Waals surface area contributed by atoms with Crippen LogP contribution in [-0.2, 0) is 22.6 Å². The predicted octanol–water partition coefficient (Wildman–Crippen LogP) is 4.90. The van der Waals surface area contributed by atoms with Gasteiger partial charge in [0, 0.05) is 23.4 Å². The third-order valence-electron chi connectivity index (χ3n) is 4.69. The minimum absolute atomic E-state index is 0.0658. The summed E-state index contributed by atoms with van der Waals surface area (Å²) in [7, 11) is 0. The molecule has 0 atom stereocenters. The van der Waals surface area contributed by atoms with E-state index in [9.17, 15) is 9.59 Å². The summed E-state index contributed by atoms with van der Waals surface area (Å²) in [6, 6.07) is 15.1. The predicted molar refractivity (Wildman–Crippen MR) is 106 cm³/mol. The van der Waals surface area contributed by atoms with Crippen molar-refractivity contribution in [1.82, 2.24) is 0 Å². The molecular weight excluding hydrogens is 340 g/mol. The standard InChI is InChI=1S/C23H24O4/c1-15(2)19-13-20-18(12-23(25)27-21(20)11-16(19)3)14-26-22(24)10-9-17-7-5-4-6-8-17/h4-8,11-13,15H,9-10,14H2,1-3H3. The molecule has 0 amide bonds.